The van der Waals surface area contributed by atoms with Crippen LogP contribution in [0, 0.1) is 0 Å². The van der Waals surface area contributed by atoms with E-state index in [2.05, 4.69) is 15.0 Å². The fraction of sp³-hybridized carbons (Fsp3) is 0.500. The van der Waals surface area contributed by atoms with Crippen molar-refractivity contribution in [2.24, 2.45) is 5.73 Å². The summed E-state index contributed by atoms with van der Waals surface area (Å²) < 4.78 is 7.39. The first-order valence-corrected chi connectivity index (χ1v) is 5.65. The number of aliphatic hydroxyl groups excluding tert-OH is 1. The Morgan fingerprint density at radius 2 is 2.28 bits per heavy atom. The number of anilines is 1. The van der Waals surface area contributed by atoms with Crippen LogP contribution in [0.1, 0.15) is 12.6 Å². The van der Waals surface area contributed by atoms with Crippen molar-refractivity contribution in [2.45, 2.75) is 24.8 Å². The Morgan fingerprint density at radius 3 is 3.00 bits per heavy atom. The van der Waals surface area contributed by atoms with Gasteiger partial charge in [0.25, 0.3) is 0 Å². The first-order chi connectivity index (χ1) is 8.70. The minimum atomic E-state index is -0.388. The summed E-state index contributed by atoms with van der Waals surface area (Å²) in [6, 6.07) is -0.212. The Morgan fingerprint density at radius 1 is 1.44 bits per heavy atom. The quantitative estimate of drug-likeness (QED) is 0.625. The second-order valence-electron chi connectivity index (χ2n) is 4.31. The third-order valence-corrected chi connectivity index (χ3v) is 3.10. The lowest BCUT2D eigenvalue weighted by molar-refractivity contribution is -0.0239. The number of rotatable bonds is 2. The molecular weight excluding hydrogens is 236 g/mol. The maximum atomic E-state index is 9.11. The molecule has 1 aliphatic heterocycles. The topological polar surface area (TPSA) is 125 Å². The molecule has 0 radical (unpaired) electrons. The number of ether oxygens (including phenoxy) is 1. The number of nitrogens with zero attached hydrogens (tertiary/aromatic N) is 4. The number of nitrogens with two attached hydrogens (primary N) is 2. The van der Waals surface area contributed by atoms with Crippen molar-refractivity contribution >= 4 is 17.0 Å². The van der Waals surface area contributed by atoms with Gasteiger partial charge in [0.1, 0.15) is 11.8 Å². The third-order valence-electron chi connectivity index (χ3n) is 3.10. The number of hydrogen-bond donors (Lipinski definition) is 3. The van der Waals surface area contributed by atoms with Crippen molar-refractivity contribution < 1.29 is 9.84 Å². The largest absolute Gasteiger partial charge is 0.394 e. The van der Waals surface area contributed by atoms with Crippen LogP contribution in [0.4, 0.5) is 5.82 Å². The lowest BCUT2D eigenvalue weighted by atomic mass is 10.2. The van der Waals surface area contributed by atoms with E-state index in [1.807, 2.05) is 0 Å². The summed E-state index contributed by atoms with van der Waals surface area (Å²) in [6.07, 6.45) is 2.92. The molecule has 2 aromatic rings. The van der Waals surface area contributed by atoms with E-state index in [0.717, 1.165) is 0 Å². The van der Waals surface area contributed by atoms with E-state index in [-0.39, 0.29) is 25.0 Å². The second kappa shape index (κ2) is 4.16. The van der Waals surface area contributed by atoms with Crippen molar-refractivity contribution in [1.82, 2.24) is 19.5 Å². The number of fused-ring (bicyclic) bond motifs is 1. The van der Waals surface area contributed by atoms with E-state index in [1.54, 1.807) is 10.9 Å². The van der Waals surface area contributed by atoms with Gasteiger partial charge in [0.2, 0.25) is 0 Å². The molecule has 5 N–H and O–H groups in total. The minimum Gasteiger partial charge on any atom is -0.394 e. The zero-order valence-corrected chi connectivity index (χ0v) is 9.60. The van der Waals surface area contributed by atoms with Crippen molar-refractivity contribution in [1.29, 1.82) is 0 Å². The molecule has 0 saturated carbocycles. The first-order valence-electron chi connectivity index (χ1n) is 5.65. The molecule has 96 valence electrons. The lowest BCUT2D eigenvalue weighted by Gasteiger charge is -2.16. The van der Waals surface area contributed by atoms with Crippen LogP contribution in [0.5, 0.6) is 0 Å². The van der Waals surface area contributed by atoms with Crippen LogP contribution in [-0.2, 0) is 4.74 Å². The van der Waals surface area contributed by atoms with E-state index in [0.29, 0.717) is 23.4 Å². The average Bonchev–Trinajstić information content (AvgIpc) is 2.93. The number of nitrogen functional groups attached to an aromatic ring is 1. The summed E-state index contributed by atoms with van der Waals surface area (Å²) in [5, 5.41) is 9.11. The summed E-state index contributed by atoms with van der Waals surface area (Å²) in [7, 11) is 0. The first kappa shape index (κ1) is 11.3. The molecule has 0 bridgehead atoms. The Bertz CT molecular complexity index is 570. The molecule has 1 saturated heterocycles. The van der Waals surface area contributed by atoms with E-state index in [4.69, 9.17) is 21.3 Å². The van der Waals surface area contributed by atoms with Crippen molar-refractivity contribution in [3.8, 4) is 0 Å². The second-order valence-corrected chi connectivity index (χ2v) is 4.31. The highest BCUT2D eigenvalue weighted by atomic mass is 16.5. The molecule has 8 nitrogen and oxygen atoms in total. The molecule has 0 amide bonds. The molecular formula is C10H14N6O2. The van der Waals surface area contributed by atoms with E-state index >= 15 is 0 Å². The molecule has 3 atom stereocenters. The van der Waals surface area contributed by atoms with Crippen molar-refractivity contribution in [3.63, 3.8) is 0 Å². The van der Waals surface area contributed by atoms with Crippen LogP contribution < -0.4 is 11.5 Å². The van der Waals surface area contributed by atoms with Gasteiger partial charge in [-0.15, -0.1) is 0 Å². The molecule has 1 aliphatic rings. The number of imidazole rings is 1. The van der Waals surface area contributed by atoms with Crippen LogP contribution in [0.25, 0.3) is 11.2 Å². The number of aliphatic hydroxyl groups is 1. The van der Waals surface area contributed by atoms with Gasteiger partial charge in [-0.1, -0.05) is 0 Å². The van der Waals surface area contributed by atoms with Crippen LogP contribution >= 0.6 is 0 Å². The molecule has 1 fully saturated rings. The molecule has 2 aromatic heterocycles. The predicted octanol–water partition coefficient (Wildman–Crippen LogP) is -0.984. The molecule has 18 heavy (non-hydrogen) atoms. The summed E-state index contributed by atoms with van der Waals surface area (Å²) in [5.74, 6) is 0.323. The molecule has 3 rings (SSSR count). The van der Waals surface area contributed by atoms with Crippen molar-refractivity contribution in [2.75, 3.05) is 12.3 Å². The SMILES string of the molecule is Nc1ncnc2c1ncn2[C@H]1O[C@@H](CO)C[C@@H]1N. The maximum Gasteiger partial charge on any atom is 0.167 e. The summed E-state index contributed by atoms with van der Waals surface area (Å²) in [5.41, 5.74) is 12.8. The summed E-state index contributed by atoms with van der Waals surface area (Å²) in [6.45, 7) is -0.0477. The van der Waals surface area contributed by atoms with Crippen molar-refractivity contribution in [3.05, 3.63) is 12.7 Å². The lowest BCUT2D eigenvalue weighted by Crippen LogP contribution is -2.27. The van der Waals surface area contributed by atoms with Crippen LogP contribution in [0.3, 0.4) is 0 Å². The highest BCUT2D eigenvalue weighted by Gasteiger charge is 2.34. The van der Waals surface area contributed by atoms with Crippen LogP contribution in [0.2, 0.25) is 0 Å². The Kier molecular flexibility index (Phi) is 2.62. The molecule has 0 unspecified atom stereocenters. The molecule has 0 aromatic carbocycles. The van der Waals surface area contributed by atoms with Gasteiger partial charge in [0.15, 0.2) is 17.7 Å². The maximum absolute atomic E-state index is 9.11. The van der Waals surface area contributed by atoms with Gasteiger partial charge >= 0.3 is 0 Å². The number of hydrogen-bond acceptors (Lipinski definition) is 7. The Labute approximate surface area is 103 Å². The van der Waals surface area contributed by atoms with Crippen LogP contribution in [-0.4, -0.2) is 43.4 Å². The molecule has 0 aliphatic carbocycles. The van der Waals surface area contributed by atoms with Gasteiger partial charge < -0.3 is 21.3 Å². The van der Waals surface area contributed by atoms with Crippen LogP contribution in [0.15, 0.2) is 12.7 Å². The Hall–Kier alpha value is -1.77. The van der Waals surface area contributed by atoms with E-state index in [1.165, 1.54) is 6.33 Å². The standard InChI is InChI=1S/C10H14N6O2/c11-6-1-5(2-17)18-10(6)16-4-15-7-8(12)13-3-14-9(7)16/h3-6,10,17H,1-2,11H2,(H2,12,13,14)/t5-,6+,10+/m1/s1. The van der Waals surface area contributed by atoms with Gasteiger partial charge in [0, 0.05) is 0 Å². The third kappa shape index (κ3) is 1.62. The zero-order chi connectivity index (χ0) is 12.7. The van der Waals surface area contributed by atoms with E-state index < -0.39 is 0 Å². The number of aromatic nitrogens is 4. The average molecular weight is 250 g/mol. The highest BCUT2D eigenvalue weighted by Crippen LogP contribution is 2.29. The zero-order valence-electron chi connectivity index (χ0n) is 9.60. The highest BCUT2D eigenvalue weighted by molar-refractivity contribution is 5.81. The predicted molar refractivity (Wildman–Crippen MR) is 63.3 cm³/mol. The molecule has 8 heteroatoms. The van der Waals surface area contributed by atoms with Gasteiger partial charge in [-0.05, 0) is 6.42 Å². The molecule has 0 spiro atoms. The van der Waals surface area contributed by atoms with E-state index in [9.17, 15) is 0 Å². The monoisotopic (exact) mass is 250 g/mol. The normalized spacial score (nSPS) is 28.0. The summed E-state index contributed by atoms with van der Waals surface area (Å²) >= 11 is 0. The van der Waals surface area contributed by atoms with Gasteiger partial charge in [-0.2, -0.15) is 0 Å². The minimum absolute atomic E-state index is 0.0477. The van der Waals surface area contributed by atoms with Gasteiger partial charge in [-0.3, -0.25) is 4.57 Å². The van der Waals surface area contributed by atoms with Gasteiger partial charge in [-0.25, -0.2) is 15.0 Å². The summed E-state index contributed by atoms with van der Waals surface area (Å²) in [4.78, 5) is 12.2. The fourth-order valence-corrected chi connectivity index (χ4v) is 2.22. The Balaban J connectivity index is 2.02. The van der Waals surface area contributed by atoms with Gasteiger partial charge in [0.05, 0.1) is 25.1 Å². The smallest absolute Gasteiger partial charge is 0.167 e. The molecule has 3 heterocycles. The fourth-order valence-electron chi connectivity index (χ4n) is 2.22.